The highest BCUT2D eigenvalue weighted by Crippen LogP contribution is 2.20. The molecule has 1 N–H and O–H groups in total. The Kier molecular flexibility index (Phi) is 5.17. The minimum Gasteiger partial charge on any atom is -0.497 e. The molecule has 5 heteroatoms. The highest BCUT2D eigenvalue weighted by molar-refractivity contribution is 6.30. The lowest BCUT2D eigenvalue weighted by atomic mass is 10.0. The summed E-state index contributed by atoms with van der Waals surface area (Å²) in [6.45, 7) is 2.01. The van der Waals surface area contributed by atoms with E-state index in [0.717, 1.165) is 17.7 Å². The van der Waals surface area contributed by atoms with Crippen LogP contribution in [0.3, 0.4) is 0 Å². The van der Waals surface area contributed by atoms with Crippen molar-refractivity contribution in [3.05, 3.63) is 58.9 Å². The standard InChI is InChI=1S/C16H17ClN2O2/c1-3-14(11-4-6-13(21-2)7-5-11)19-16(20)15-10-12(17)8-9-18-15/h4-10,14H,3H2,1-2H3,(H,19,20). The number of pyridine rings is 1. The zero-order valence-electron chi connectivity index (χ0n) is 12.0. The van der Waals surface area contributed by atoms with Gasteiger partial charge in [-0.15, -0.1) is 0 Å². The number of nitrogens with zero attached hydrogens (tertiary/aromatic N) is 1. The number of ether oxygens (including phenoxy) is 1. The molecule has 0 spiro atoms. The van der Waals surface area contributed by atoms with Crippen molar-refractivity contribution >= 4 is 17.5 Å². The van der Waals surface area contributed by atoms with E-state index in [1.807, 2.05) is 31.2 Å². The molecule has 1 unspecified atom stereocenters. The van der Waals surface area contributed by atoms with Gasteiger partial charge in [-0.2, -0.15) is 0 Å². The smallest absolute Gasteiger partial charge is 0.270 e. The van der Waals surface area contributed by atoms with E-state index < -0.39 is 0 Å². The van der Waals surface area contributed by atoms with Crippen LogP contribution < -0.4 is 10.1 Å². The van der Waals surface area contributed by atoms with Gasteiger partial charge in [-0.1, -0.05) is 30.7 Å². The predicted molar refractivity (Wildman–Crippen MR) is 82.7 cm³/mol. The molecule has 21 heavy (non-hydrogen) atoms. The van der Waals surface area contributed by atoms with E-state index >= 15 is 0 Å². The van der Waals surface area contributed by atoms with E-state index in [9.17, 15) is 4.79 Å². The summed E-state index contributed by atoms with van der Waals surface area (Å²) in [7, 11) is 1.62. The molecule has 110 valence electrons. The fourth-order valence-electron chi connectivity index (χ4n) is 2.02. The van der Waals surface area contributed by atoms with Crippen molar-refractivity contribution in [2.24, 2.45) is 0 Å². The molecule has 1 amide bonds. The van der Waals surface area contributed by atoms with Crippen molar-refractivity contribution in [1.29, 1.82) is 0 Å². The van der Waals surface area contributed by atoms with Gasteiger partial charge < -0.3 is 10.1 Å². The minimum atomic E-state index is -0.236. The van der Waals surface area contributed by atoms with Crippen LogP contribution in [-0.2, 0) is 0 Å². The summed E-state index contributed by atoms with van der Waals surface area (Å²) in [5.74, 6) is 0.552. The largest absolute Gasteiger partial charge is 0.497 e. The third kappa shape index (κ3) is 3.95. The molecule has 2 rings (SSSR count). The van der Waals surface area contributed by atoms with Gasteiger partial charge in [0.05, 0.1) is 13.2 Å². The zero-order chi connectivity index (χ0) is 15.2. The Morgan fingerprint density at radius 1 is 1.33 bits per heavy atom. The third-order valence-corrected chi connectivity index (χ3v) is 3.42. The normalized spacial score (nSPS) is 11.8. The summed E-state index contributed by atoms with van der Waals surface area (Å²) in [6, 6.07) is 10.8. The summed E-state index contributed by atoms with van der Waals surface area (Å²) in [6.07, 6.45) is 2.30. The minimum absolute atomic E-state index is 0.0795. The molecule has 0 fully saturated rings. The van der Waals surface area contributed by atoms with Crippen molar-refractivity contribution in [2.75, 3.05) is 7.11 Å². The summed E-state index contributed by atoms with van der Waals surface area (Å²) in [5.41, 5.74) is 1.34. The maximum absolute atomic E-state index is 12.2. The fraction of sp³-hybridized carbons (Fsp3) is 0.250. The Labute approximate surface area is 129 Å². The maximum atomic E-state index is 12.2. The monoisotopic (exact) mass is 304 g/mol. The van der Waals surface area contributed by atoms with Crippen LogP contribution in [0.1, 0.15) is 35.4 Å². The SMILES string of the molecule is CCC(NC(=O)c1cc(Cl)ccn1)c1ccc(OC)cc1. The summed E-state index contributed by atoms with van der Waals surface area (Å²) in [4.78, 5) is 16.2. The van der Waals surface area contributed by atoms with Crippen LogP contribution in [0.25, 0.3) is 0 Å². The molecule has 0 bridgehead atoms. The molecule has 0 aliphatic heterocycles. The Bertz CT molecular complexity index is 614. The van der Waals surface area contributed by atoms with Gasteiger partial charge in [0.15, 0.2) is 0 Å². The first-order valence-corrected chi connectivity index (χ1v) is 7.08. The number of hydrogen-bond donors (Lipinski definition) is 1. The van der Waals surface area contributed by atoms with Crippen molar-refractivity contribution in [3.63, 3.8) is 0 Å². The lowest BCUT2D eigenvalue weighted by Crippen LogP contribution is -2.28. The Morgan fingerprint density at radius 2 is 2.05 bits per heavy atom. The fourth-order valence-corrected chi connectivity index (χ4v) is 2.18. The van der Waals surface area contributed by atoms with Crippen molar-refractivity contribution < 1.29 is 9.53 Å². The number of rotatable bonds is 5. The Hall–Kier alpha value is -2.07. The third-order valence-electron chi connectivity index (χ3n) is 3.19. The molecule has 0 saturated heterocycles. The maximum Gasteiger partial charge on any atom is 0.270 e. The molecule has 0 aliphatic rings. The molecular formula is C16H17ClN2O2. The molecule has 1 aromatic heterocycles. The van der Waals surface area contributed by atoms with Crippen LogP contribution in [0.15, 0.2) is 42.6 Å². The molecule has 0 aliphatic carbocycles. The van der Waals surface area contributed by atoms with Crippen molar-refractivity contribution in [2.45, 2.75) is 19.4 Å². The lowest BCUT2D eigenvalue weighted by molar-refractivity contribution is 0.0930. The number of aromatic nitrogens is 1. The molecule has 1 heterocycles. The highest BCUT2D eigenvalue weighted by atomic mass is 35.5. The van der Waals surface area contributed by atoms with Crippen LogP contribution >= 0.6 is 11.6 Å². The van der Waals surface area contributed by atoms with E-state index in [-0.39, 0.29) is 11.9 Å². The van der Waals surface area contributed by atoms with Crippen LogP contribution in [0, 0.1) is 0 Å². The lowest BCUT2D eigenvalue weighted by Gasteiger charge is -2.17. The molecule has 4 nitrogen and oxygen atoms in total. The van der Waals surface area contributed by atoms with E-state index in [2.05, 4.69) is 10.3 Å². The summed E-state index contributed by atoms with van der Waals surface area (Å²) in [5, 5.41) is 3.46. The van der Waals surface area contributed by atoms with Gasteiger partial charge in [-0.05, 0) is 36.2 Å². The van der Waals surface area contributed by atoms with E-state index in [0.29, 0.717) is 10.7 Å². The molecule has 0 saturated carbocycles. The van der Waals surface area contributed by atoms with E-state index in [1.165, 1.54) is 6.20 Å². The second-order valence-electron chi connectivity index (χ2n) is 4.57. The quantitative estimate of drug-likeness (QED) is 0.918. The van der Waals surface area contributed by atoms with Crippen LogP contribution in [0.5, 0.6) is 5.75 Å². The average molecular weight is 305 g/mol. The first-order chi connectivity index (χ1) is 10.1. The van der Waals surface area contributed by atoms with Gasteiger partial charge in [-0.25, -0.2) is 0 Å². The van der Waals surface area contributed by atoms with Crippen LogP contribution in [0.2, 0.25) is 5.02 Å². The number of carbonyl (C=O) groups excluding carboxylic acids is 1. The summed E-state index contributed by atoms with van der Waals surface area (Å²) < 4.78 is 5.13. The number of nitrogens with one attached hydrogen (secondary N) is 1. The molecule has 0 radical (unpaired) electrons. The van der Waals surface area contributed by atoms with Crippen molar-refractivity contribution in [1.82, 2.24) is 10.3 Å². The van der Waals surface area contributed by atoms with E-state index in [4.69, 9.17) is 16.3 Å². The van der Waals surface area contributed by atoms with Gasteiger partial charge in [-0.3, -0.25) is 9.78 Å². The number of methoxy groups -OCH3 is 1. The second kappa shape index (κ2) is 7.09. The van der Waals surface area contributed by atoms with Crippen molar-refractivity contribution in [3.8, 4) is 5.75 Å². The number of hydrogen-bond acceptors (Lipinski definition) is 3. The Balaban J connectivity index is 2.12. The van der Waals surface area contributed by atoms with E-state index in [1.54, 1.807) is 19.2 Å². The molecule has 1 aromatic carbocycles. The van der Waals surface area contributed by atoms with Gasteiger partial charge in [0, 0.05) is 11.2 Å². The zero-order valence-corrected chi connectivity index (χ0v) is 12.7. The topological polar surface area (TPSA) is 51.2 Å². The number of benzene rings is 1. The van der Waals surface area contributed by atoms with Crippen LogP contribution in [0.4, 0.5) is 0 Å². The second-order valence-corrected chi connectivity index (χ2v) is 5.00. The van der Waals surface area contributed by atoms with Gasteiger partial charge in [0.2, 0.25) is 0 Å². The Morgan fingerprint density at radius 3 is 2.62 bits per heavy atom. The first kappa shape index (κ1) is 15.3. The number of halogens is 1. The molecule has 1 atom stereocenters. The van der Waals surface area contributed by atoms with Gasteiger partial charge in [0.25, 0.3) is 5.91 Å². The van der Waals surface area contributed by atoms with Crippen LogP contribution in [-0.4, -0.2) is 18.0 Å². The highest BCUT2D eigenvalue weighted by Gasteiger charge is 2.15. The predicted octanol–water partition coefficient (Wildman–Crippen LogP) is 3.62. The van der Waals surface area contributed by atoms with Gasteiger partial charge >= 0.3 is 0 Å². The van der Waals surface area contributed by atoms with Gasteiger partial charge in [0.1, 0.15) is 11.4 Å². The average Bonchev–Trinajstić information content (AvgIpc) is 2.52. The number of amides is 1. The first-order valence-electron chi connectivity index (χ1n) is 6.70. The summed E-state index contributed by atoms with van der Waals surface area (Å²) >= 11 is 5.88. The molecule has 2 aromatic rings. The molecular weight excluding hydrogens is 288 g/mol. The number of carbonyl (C=O) groups is 1.